The van der Waals surface area contributed by atoms with Crippen molar-refractivity contribution in [3.05, 3.63) is 29.7 Å². The van der Waals surface area contributed by atoms with E-state index in [1.807, 2.05) is 0 Å². The van der Waals surface area contributed by atoms with Gasteiger partial charge in [0.2, 0.25) is 0 Å². The molecule has 1 atom stereocenters. The number of nitrogens with zero attached hydrogens (tertiary/aromatic N) is 3. The maximum atomic E-state index is 12.7. The van der Waals surface area contributed by atoms with E-state index in [0.29, 0.717) is 23.8 Å². The summed E-state index contributed by atoms with van der Waals surface area (Å²) in [6.45, 7) is 1.84. The first kappa shape index (κ1) is 12.4. The molecule has 0 amide bonds. The smallest absolute Gasteiger partial charge is 0.316 e. The second-order valence-electron chi connectivity index (χ2n) is 4.82. The van der Waals surface area contributed by atoms with Crippen LogP contribution in [-0.2, 0) is 12.6 Å². The lowest BCUT2D eigenvalue weighted by Gasteiger charge is -2.09. The summed E-state index contributed by atoms with van der Waals surface area (Å²) < 4.78 is 39.5. The summed E-state index contributed by atoms with van der Waals surface area (Å²) in [6.07, 6.45) is -1.60. The molecule has 1 aliphatic heterocycles. The van der Waals surface area contributed by atoms with Gasteiger partial charge < -0.3 is 5.32 Å². The Morgan fingerprint density at radius 3 is 2.84 bits per heavy atom. The van der Waals surface area contributed by atoms with Crippen LogP contribution in [-0.4, -0.2) is 27.7 Å². The zero-order chi connectivity index (χ0) is 13.5. The van der Waals surface area contributed by atoms with Crippen LogP contribution in [0.1, 0.15) is 17.8 Å². The molecule has 1 N–H and O–H groups in total. The Kier molecular flexibility index (Phi) is 2.93. The zero-order valence-corrected chi connectivity index (χ0v) is 10.1. The highest BCUT2D eigenvalue weighted by Gasteiger charge is 2.31. The molecule has 0 saturated carbocycles. The number of hydrogen-bond acceptors (Lipinski definition) is 3. The third-order valence-corrected chi connectivity index (χ3v) is 3.43. The Labute approximate surface area is 107 Å². The van der Waals surface area contributed by atoms with E-state index >= 15 is 0 Å². The number of hydrogen-bond donors (Lipinski definition) is 1. The zero-order valence-electron chi connectivity index (χ0n) is 10.1. The van der Waals surface area contributed by atoms with Gasteiger partial charge in [-0.2, -0.15) is 13.2 Å². The molecule has 3 rings (SSSR count). The molecule has 7 heteroatoms. The second kappa shape index (κ2) is 4.48. The van der Waals surface area contributed by atoms with Gasteiger partial charge in [0.05, 0.1) is 5.56 Å². The van der Waals surface area contributed by atoms with Gasteiger partial charge in [-0.05, 0) is 37.6 Å². The minimum Gasteiger partial charge on any atom is -0.316 e. The van der Waals surface area contributed by atoms with Crippen LogP contribution in [0.25, 0.3) is 5.65 Å². The highest BCUT2D eigenvalue weighted by molar-refractivity contribution is 5.40. The first-order valence-corrected chi connectivity index (χ1v) is 6.15. The van der Waals surface area contributed by atoms with Gasteiger partial charge in [-0.3, -0.25) is 4.40 Å². The molecule has 0 aliphatic carbocycles. The number of halogens is 3. The van der Waals surface area contributed by atoms with E-state index in [9.17, 15) is 13.2 Å². The maximum absolute atomic E-state index is 12.7. The molecular formula is C12H13F3N4. The lowest BCUT2D eigenvalue weighted by atomic mass is 10.0. The number of rotatable bonds is 2. The topological polar surface area (TPSA) is 42.2 Å². The van der Waals surface area contributed by atoms with E-state index in [1.165, 1.54) is 10.5 Å². The summed E-state index contributed by atoms with van der Waals surface area (Å²) in [5.74, 6) is 1.01. The van der Waals surface area contributed by atoms with Gasteiger partial charge in [0, 0.05) is 12.6 Å². The van der Waals surface area contributed by atoms with Crippen molar-refractivity contribution < 1.29 is 13.2 Å². The van der Waals surface area contributed by atoms with E-state index in [0.717, 1.165) is 31.8 Å². The molecule has 0 bridgehead atoms. The molecule has 0 aromatic carbocycles. The molecule has 3 heterocycles. The first-order valence-electron chi connectivity index (χ1n) is 6.15. The molecule has 2 aromatic rings. The molecule has 1 aliphatic rings. The molecule has 19 heavy (non-hydrogen) atoms. The third-order valence-electron chi connectivity index (χ3n) is 3.43. The van der Waals surface area contributed by atoms with Crippen molar-refractivity contribution in [1.29, 1.82) is 0 Å². The van der Waals surface area contributed by atoms with Crippen LogP contribution in [0, 0.1) is 5.92 Å². The lowest BCUT2D eigenvalue weighted by molar-refractivity contribution is -0.137. The van der Waals surface area contributed by atoms with Crippen LogP contribution in [0.5, 0.6) is 0 Å². The highest BCUT2D eigenvalue weighted by atomic mass is 19.4. The van der Waals surface area contributed by atoms with E-state index in [2.05, 4.69) is 15.5 Å². The van der Waals surface area contributed by atoms with Gasteiger partial charge in [-0.25, -0.2) is 0 Å². The average molecular weight is 270 g/mol. The van der Waals surface area contributed by atoms with Crippen LogP contribution in [0.3, 0.4) is 0 Å². The Bertz CT molecular complexity index is 584. The quantitative estimate of drug-likeness (QED) is 0.906. The normalized spacial score (nSPS) is 20.3. The summed E-state index contributed by atoms with van der Waals surface area (Å²) in [4.78, 5) is 0. The molecule has 102 valence electrons. The number of pyridine rings is 1. The number of aromatic nitrogens is 3. The van der Waals surface area contributed by atoms with Crippen molar-refractivity contribution in [1.82, 2.24) is 19.9 Å². The van der Waals surface area contributed by atoms with Crippen LogP contribution in [0.2, 0.25) is 0 Å². The first-order chi connectivity index (χ1) is 9.04. The van der Waals surface area contributed by atoms with Crippen molar-refractivity contribution in [3.63, 3.8) is 0 Å². The predicted octanol–water partition coefficient (Wildman–Crippen LogP) is 1.90. The average Bonchev–Trinajstić information content (AvgIpc) is 2.98. The van der Waals surface area contributed by atoms with Gasteiger partial charge in [-0.1, -0.05) is 0 Å². The molecule has 1 unspecified atom stereocenters. The van der Waals surface area contributed by atoms with E-state index in [-0.39, 0.29) is 0 Å². The van der Waals surface area contributed by atoms with Crippen molar-refractivity contribution >= 4 is 5.65 Å². The molecule has 2 aromatic heterocycles. The summed E-state index contributed by atoms with van der Waals surface area (Å²) in [6, 6.07) is 2.39. The van der Waals surface area contributed by atoms with Crippen LogP contribution >= 0.6 is 0 Å². The van der Waals surface area contributed by atoms with Gasteiger partial charge in [0.25, 0.3) is 0 Å². The van der Waals surface area contributed by atoms with Crippen molar-refractivity contribution in [2.24, 2.45) is 5.92 Å². The SMILES string of the molecule is FC(F)(F)c1ccc2nnc(CC3CCNC3)n2c1. The fourth-order valence-corrected chi connectivity index (χ4v) is 2.39. The van der Waals surface area contributed by atoms with Crippen LogP contribution in [0.4, 0.5) is 13.2 Å². The summed E-state index contributed by atoms with van der Waals surface area (Å²) in [5, 5.41) is 11.1. The van der Waals surface area contributed by atoms with Crippen molar-refractivity contribution in [2.75, 3.05) is 13.1 Å². The van der Waals surface area contributed by atoms with Gasteiger partial charge in [0.15, 0.2) is 5.65 Å². The number of alkyl halides is 3. The Hall–Kier alpha value is -1.63. The largest absolute Gasteiger partial charge is 0.417 e. The number of nitrogens with one attached hydrogen (secondary N) is 1. The Morgan fingerprint density at radius 1 is 1.32 bits per heavy atom. The maximum Gasteiger partial charge on any atom is 0.417 e. The fraction of sp³-hybridized carbons (Fsp3) is 0.500. The summed E-state index contributed by atoms with van der Waals surface area (Å²) in [7, 11) is 0. The molecule has 0 radical (unpaired) electrons. The van der Waals surface area contributed by atoms with E-state index in [4.69, 9.17) is 0 Å². The molecule has 0 spiro atoms. The molecule has 1 saturated heterocycles. The monoisotopic (exact) mass is 270 g/mol. The summed E-state index contributed by atoms with van der Waals surface area (Å²) in [5.41, 5.74) is -0.223. The molecular weight excluding hydrogens is 257 g/mol. The minimum atomic E-state index is -4.34. The lowest BCUT2D eigenvalue weighted by Crippen LogP contribution is -2.13. The number of fused-ring (bicyclic) bond motifs is 1. The predicted molar refractivity (Wildman–Crippen MR) is 62.7 cm³/mol. The molecule has 1 fully saturated rings. The second-order valence-corrected chi connectivity index (χ2v) is 4.82. The standard InChI is InChI=1S/C12H13F3N4/c13-12(14,15)9-1-2-10-17-18-11(19(10)7-9)5-8-3-4-16-6-8/h1-2,7-8,16H,3-6H2. The Morgan fingerprint density at radius 2 is 2.16 bits per heavy atom. The highest BCUT2D eigenvalue weighted by Crippen LogP contribution is 2.29. The minimum absolute atomic E-state index is 0.418. The van der Waals surface area contributed by atoms with Crippen molar-refractivity contribution in [2.45, 2.75) is 19.0 Å². The van der Waals surface area contributed by atoms with E-state index < -0.39 is 11.7 Å². The van der Waals surface area contributed by atoms with Gasteiger partial charge >= 0.3 is 6.18 Å². The Balaban J connectivity index is 1.95. The van der Waals surface area contributed by atoms with Gasteiger partial charge in [0.1, 0.15) is 5.82 Å². The van der Waals surface area contributed by atoms with Gasteiger partial charge in [-0.15, -0.1) is 10.2 Å². The fourth-order valence-electron chi connectivity index (χ4n) is 2.39. The summed E-state index contributed by atoms with van der Waals surface area (Å²) >= 11 is 0. The molecule has 4 nitrogen and oxygen atoms in total. The van der Waals surface area contributed by atoms with Crippen LogP contribution in [0.15, 0.2) is 18.3 Å². The van der Waals surface area contributed by atoms with Crippen molar-refractivity contribution in [3.8, 4) is 0 Å². The van der Waals surface area contributed by atoms with Crippen LogP contribution < -0.4 is 5.32 Å². The third kappa shape index (κ3) is 2.42. The van der Waals surface area contributed by atoms with E-state index in [1.54, 1.807) is 0 Å².